The minimum Gasteiger partial charge on any atom is -0.377 e. The van der Waals surface area contributed by atoms with E-state index in [1.54, 1.807) is 6.07 Å². The van der Waals surface area contributed by atoms with E-state index in [0.29, 0.717) is 13.2 Å². The smallest absolute Gasteiger partial charge is 0.140 e. The Morgan fingerprint density at radius 2 is 2.19 bits per heavy atom. The molecule has 16 heavy (non-hydrogen) atoms. The van der Waals surface area contributed by atoms with Crippen molar-refractivity contribution >= 4 is 0 Å². The van der Waals surface area contributed by atoms with Crippen LogP contribution < -0.4 is 0 Å². The van der Waals surface area contributed by atoms with Gasteiger partial charge in [0.05, 0.1) is 12.2 Å². The van der Waals surface area contributed by atoms with Crippen molar-refractivity contribution in [3.63, 3.8) is 0 Å². The summed E-state index contributed by atoms with van der Waals surface area (Å²) < 4.78 is 18.4. The lowest BCUT2D eigenvalue weighted by atomic mass is 10.1. The summed E-state index contributed by atoms with van der Waals surface area (Å²) in [5, 5.41) is 8.65. The maximum Gasteiger partial charge on any atom is 0.140 e. The zero-order chi connectivity index (χ0) is 11.8. The first-order chi connectivity index (χ1) is 7.77. The van der Waals surface area contributed by atoms with Gasteiger partial charge in [-0.1, -0.05) is 25.8 Å². The second-order valence-corrected chi connectivity index (χ2v) is 3.69. The van der Waals surface area contributed by atoms with E-state index in [9.17, 15) is 4.39 Å². The molecule has 86 valence electrons. The molecule has 1 aromatic rings. The van der Waals surface area contributed by atoms with E-state index in [4.69, 9.17) is 10.00 Å². The summed E-state index contributed by atoms with van der Waals surface area (Å²) in [5.74, 6) is -0.475. The first-order valence-corrected chi connectivity index (χ1v) is 5.54. The molecule has 3 heteroatoms. The number of hydrogen-bond acceptors (Lipinski definition) is 2. The molecular weight excluding hydrogens is 205 g/mol. The first kappa shape index (κ1) is 12.7. The van der Waals surface area contributed by atoms with Gasteiger partial charge in [0.15, 0.2) is 0 Å². The van der Waals surface area contributed by atoms with E-state index in [1.807, 2.05) is 6.07 Å². The van der Waals surface area contributed by atoms with Crippen LogP contribution in [0.15, 0.2) is 18.2 Å². The molecule has 0 atom stereocenters. The SMILES string of the molecule is CCCCCOCc1ccc(F)c(C#N)c1. The molecule has 0 heterocycles. The zero-order valence-corrected chi connectivity index (χ0v) is 9.50. The maximum absolute atomic E-state index is 13.0. The summed E-state index contributed by atoms with van der Waals surface area (Å²) in [4.78, 5) is 0. The monoisotopic (exact) mass is 221 g/mol. The fourth-order valence-corrected chi connectivity index (χ4v) is 1.39. The van der Waals surface area contributed by atoms with Crippen molar-refractivity contribution in [1.29, 1.82) is 5.26 Å². The zero-order valence-electron chi connectivity index (χ0n) is 9.50. The highest BCUT2D eigenvalue weighted by Crippen LogP contribution is 2.10. The number of rotatable bonds is 6. The molecule has 0 saturated carbocycles. The second kappa shape index (κ2) is 6.97. The van der Waals surface area contributed by atoms with Crippen LogP contribution in [0.4, 0.5) is 4.39 Å². The van der Waals surface area contributed by atoms with Crippen molar-refractivity contribution in [2.24, 2.45) is 0 Å². The van der Waals surface area contributed by atoms with Crippen LogP contribution in [0, 0.1) is 17.1 Å². The number of benzene rings is 1. The summed E-state index contributed by atoms with van der Waals surface area (Å²) in [5.41, 5.74) is 0.920. The van der Waals surface area contributed by atoms with Crippen molar-refractivity contribution in [3.8, 4) is 6.07 Å². The molecule has 2 nitrogen and oxygen atoms in total. The van der Waals surface area contributed by atoms with Gasteiger partial charge in [-0.2, -0.15) is 5.26 Å². The van der Waals surface area contributed by atoms with Crippen LogP contribution in [-0.2, 0) is 11.3 Å². The van der Waals surface area contributed by atoms with E-state index in [0.717, 1.165) is 18.4 Å². The minimum atomic E-state index is -0.475. The molecule has 0 unspecified atom stereocenters. The predicted octanol–water partition coefficient (Wildman–Crippen LogP) is 3.40. The third-order valence-electron chi connectivity index (χ3n) is 2.31. The Morgan fingerprint density at radius 1 is 1.38 bits per heavy atom. The summed E-state index contributed by atoms with van der Waals surface area (Å²) in [6.07, 6.45) is 3.37. The molecule has 0 aromatic heterocycles. The molecule has 0 fully saturated rings. The lowest BCUT2D eigenvalue weighted by Gasteiger charge is -2.04. The third-order valence-corrected chi connectivity index (χ3v) is 2.31. The Labute approximate surface area is 95.7 Å². The highest BCUT2D eigenvalue weighted by molar-refractivity contribution is 5.34. The Kier molecular flexibility index (Phi) is 5.52. The lowest BCUT2D eigenvalue weighted by Crippen LogP contribution is -1.96. The van der Waals surface area contributed by atoms with Crippen molar-refractivity contribution in [1.82, 2.24) is 0 Å². The van der Waals surface area contributed by atoms with Crippen LogP contribution in [0.5, 0.6) is 0 Å². The van der Waals surface area contributed by atoms with Gasteiger partial charge in [0.1, 0.15) is 11.9 Å². The van der Waals surface area contributed by atoms with Crippen LogP contribution in [0.2, 0.25) is 0 Å². The fraction of sp³-hybridized carbons (Fsp3) is 0.462. The van der Waals surface area contributed by atoms with E-state index in [2.05, 4.69) is 6.92 Å². The molecule has 0 spiro atoms. The number of hydrogen-bond donors (Lipinski definition) is 0. The highest BCUT2D eigenvalue weighted by atomic mass is 19.1. The predicted molar refractivity (Wildman–Crippen MR) is 60.3 cm³/mol. The molecule has 0 amide bonds. The molecule has 0 radical (unpaired) electrons. The van der Waals surface area contributed by atoms with Crippen molar-refractivity contribution in [2.45, 2.75) is 32.8 Å². The number of nitriles is 1. The van der Waals surface area contributed by atoms with Gasteiger partial charge in [-0.3, -0.25) is 0 Å². The largest absolute Gasteiger partial charge is 0.377 e. The van der Waals surface area contributed by atoms with Gasteiger partial charge < -0.3 is 4.74 Å². The van der Waals surface area contributed by atoms with E-state index in [-0.39, 0.29) is 5.56 Å². The lowest BCUT2D eigenvalue weighted by molar-refractivity contribution is 0.117. The third kappa shape index (κ3) is 4.00. The molecular formula is C13H16FNO. The van der Waals surface area contributed by atoms with Crippen molar-refractivity contribution in [3.05, 3.63) is 35.1 Å². The molecule has 1 rings (SSSR count). The second-order valence-electron chi connectivity index (χ2n) is 3.69. The summed E-state index contributed by atoms with van der Waals surface area (Å²) >= 11 is 0. The van der Waals surface area contributed by atoms with E-state index >= 15 is 0 Å². The standard InChI is InChI=1S/C13H16FNO/c1-2-3-4-7-16-10-11-5-6-13(14)12(8-11)9-15/h5-6,8H,2-4,7,10H2,1H3. The van der Waals surface area contributed by atoms with Crippen LogP contribution in [0.1, 0.15) is 37.3 Å². The van der Waals surface area contributed by atoms with E-state index in [1.165, 1.54) is 18.6 Å². The molecule has 0 saturated heterocycles. The highest BCUT2D eigenvalue weighted by Gasteiger charge is 2.02. The van der Waals surface area contributed by atoms with Gasteiger partial charge in [-0.15, -0.1) is 0 Å². The Hall–Kier alpha value is -1.40. The summed E-state index contributed by atoms with van der Waals surface area (Å²) in [7, 11) is 0. The average Bonchev–Trinajstić information content (AvgIpc) is 2.31. The average molecular weight is 221 g/mol. The van der Waals surface area contributed by atoms with Gasteiger partial charge in [0.2, 0.25) is 0 Å². The minimum absolute atomic E-state index is 0.0784. The molecule has 1 aromatic carbocycles. The summed E-state index contributed by atoms with van der Waals surface area (Å²) in [6, 6.07) is 6.31. The van der Waals surface area contributed by atoms with Crippen molar-refractivity contribution < 1.29 is 9.13 Å². The van der Waals surface area contributed by atoms with Crippen LogP contribution in [0.25, 0.3) is 0 Å². The molecule has 0 N–H and O–H groups in total. The summed E-state index contributed by atoms with van der Waals surface area (Å²) in [6.45, 7) is 3.30. The number of nitrogens with zero attached hydrogens (tertiary/aromatic N) is 1. The fourth-order valence-electron chi connectivity index (χ4n) is 1.39. The maximum atomic E-state index is 13.0. The first-order valence-electron chi connectivity index (χ1n) is 5.54. The van der Waals surface area contributed by atoms with Gasteiger partial charge in [-0.05, 0) is 24.1 Å². The molecule has 0 aliphatic rings. The van der Waals surface area contributed by atoms with Crippen LogP contribution in [0.3, 0.4) is 0 Å². The van der Waals surface area contributed by atoms with Crippen LogP contribution >= 0.6 is 0 Å². The topological polar surface area (TPSA) is 33.0 Å². The Balaban J connectivity index is 2.40. The molecule has 0 aliphatic heterocycles. The molecule has 0 bridgehead atoms. The van der Waals surface area contributed by atoms with Gasteiger partial charge >= 0.3 is 0 Å². The Morgan fingerprint density at radius 3 is 2.88 bits per heavy atom. The van der Waals surface area contributed by atoms with Crippen LogP contribution in [-0.4, -0.2) is 6.61 Å². The molecule has 0 aliphatic carbocycles. The number of unbranched alkanes of at least 4 members (excludes halogenated alkanes) is 2. The number of ether oxygens (including phenoxy) is 1. The number of halogens is 1. The van der Waals surface area contributed by atoms with Crippen molar-refractivity contribution in [2.75, 3.05) is 6.61 Å². The van der Waals surface area contributed by atoms with Gasteiger partial charge in [0, 0.05) is 6.61 Å². The Bertz CT molecular complexity index is 371. The van der Waals surface area contributed by atoms with Gasteiger partial charge in [-0.25, -0.2) is 4.39 Å². The van der Waals surface area contributed by atoms with E-state index < -0.39 is 5.82 Å². The van der Waals surface area contributed by atoms with Gasteiger partial charge in [0.25, 0.3) is 0 Å². The normalized spacial score (nSPS) is 10.1. The quantitative estimate of drug-likeness (QED) is 0.690.